The third-order valence-electron chi connectivity index (χ3n) is 6.51. The third kappa shape index (κ3) is 7.48. The van der Waals surface area contributed by atoms with Crippen LogP contribution >= 0.6 is 0 Å². The van der Waals surface area contributed by atoms with Crippen molar-refractivity contribution >= 4 is 11.5 Å². The van der Waals surface area contributed by atoms with Gasteiger partial charge in [-0.25, -0.2) is 0 Å². The summed E-state index contributed by atoms with van der Waals surface area (Å²) in [6.07, 6.45) is 8.58. The van der Waals surface area contributed by atoms with Crippen LogP contribution in [0.4, 0.5) is 0 Å². The van der Waals surface area contributed by atoms with E-state index in [9.17, 15) is 4.79 Å². The fourth-order valence-corrected chi connectivity index (χ4v) is 4.42. The molecule has 0 aromatic heterocycles. The van der Waals surface area contributed by atoms with E-state index in [0.29, 0.717) is 26.2 Å². The van der Waals surface area contributed by atoms with Crippen molar-refractivity contribution in [2.24, 2.45) is 0 Å². The number of carbonyl (C=O) groups is 1. The third-order valence-corrected chi connectivity index (χ3v) is 6.51. The number of rotatable bonds is 14. The van der Waals surface area contributed by atoms with Gasteiger partial charge in [0, 0.05) is 13.0 Å². The first-order chi connectivity index (χ1) is 17.7. The molecule has 0 saturated heterocycles. The van der Waals surface area contributed by atoms with Gasteiger partial charge in [0.05, 0.1) is 13.2 Å². The molecular weight excluding hydrogens is 446 g/mol. The van der Waals surface area contributed by atoms with E-state index >= 15 is 0 Å². The van der Waals surface area contributed by atoms with Gasteiger partial charge >= 0.3 is 0 Å². The molecule has 4 heteroatoms. The summed E-state index contributed by atoms with van der Waals surface area (Å²) < 4.78 is 11.9. The first-order valence-corrected chi connectivity index (χ1v) is 13.2. The smallest absolute Gasteiger partial charge is 0.220 e. The molecule has 3 aromatic rings. The van der Waals surface area contributed by atoms with Gasteiger partial charge in [-0.1, -0.05) is 68.0 Å². The number of ether oxygens (including phenoxy) is 2. The van der Waals surface area contributed by atoms with Crippen LogP contribution < -0.4 is 14.8 Å². The van der Waals surface area contributed by atoms with E-state index in [1.54, 1.807) is 0 Å². The number of nitrogens with one attached hydrogen (secondary N) is 1. The maximum atomic E-state index is 11.9. The highest BCUT2D eigenvalue weighted by Gasteiger charge is 2.15. The number of fused-ring (bicyclic) bond motifs is 1. The Hall–Kier alpha value is -3.53. The van der Waals surface area contributed by atoms with Gasteiger partial charge in [0.1, 0.15) is 11.5 Å². The molecule has 0 radical (unpaired) electrons. The fourth-order valence-electron chi connectivity index (χ4n) is 4.42. The minimum atomic E-state index is 0.154. The van der Waals surface area contributed by atoms with E-state index in [1.165, 1.54) is 27.8 Å². The van der Waals surface area contributed by atoms with Crippen LogP contribution in [-0.4, -0.2) is 25.7 Å². The van der Waals surface area contributed by atoms with Gasteiger partial charge in [-0.15, -0.1) is 0 Å². The number of amides is 1. The lowest BCUT2D eigenvalue weighted by Crippen LogP contribution is -2.24. The second-order valence-electron chi connectivity index (χ2n) is 9.25. The molecule has 0 unspecified atom stereocenters. The fraction of sp³-hybridized carbons (Fsp3) is 0.344. The summed E-state index contributed by atoms with van der Waals surface area (Å²) in [7, 11) is 0. The standard InChI is InChI=1S/C32H37NO3/c1-2-3-11-32(34)33-21-20-28-13-12-27-16-19-30(24-31(27)28)36-23-8-7-22-35-29-17-14-26(15-18-29)25-9-5-4-6-10-25/h4-6,9-10,13-19,24H,2-3,7-8,11-12,20-23H2,1H3,(H,33,34). The highest BCUT2D eigenvalue weighted by atomic mass is 16.5. The summed E-state index contributed by atoms with van der Waals surface area (Å²) in [5.41, 5.74) is 6.31. The summed E-state index contributed by atoms with van der Waals surface area (Å²) in [4.78, 5) is 11.9. The molecule has 0 bridgehead atoms. The zero-order valence-corrected chi connectivity index (χ0v) is 21.3. The molecule has 0 saturated carbocycles. The molecule has 0 spiro atoms. The zero-order valence-electron chi connectivity index (χ0n) is 21.3. The number of carbonyl (C=O) groups excluding carboxylic acids is 1. The molecule has 0 atom stereocenters. The maximum absolute atomic E-state index is 11.9. The zero-order chi connectivity index (χ0) is 25.0. The topological polar surface area (TPSA) is 47.6 Å². The Morgan fingerprint density at radius 2 is 1.53 bits per heavy atom. The van der Waals surface area contributed by atoms with E-state index in [2.05, 4.69) is 72.9 Å². The normalized spacial score (nSPS) is 12.1. The van der Waals surface area contributed by atoms with Crippen LogP contribution in [0.2, 0.25) is 0 Å². The van der Waals surface area contributed by atoms with E-state index in [-0.39, 0.29) is 5.91 Å². The van der Waals surface area contributed by atoms with Crippen molar-refractivity contribution in [2.45, 2.75) is 51.9 Å². The van der Waals surface area contributed by atoms with Crippen molar-refractivity contribution < 1.29 is 14.3 Å². The predicted octanol–water partition coefficient (Wildman–Crippen LogP) is 7.23. The summed E-state index contributed by atoms with van der Waals surface area (Å²) >= 11 is 0. The van der Waals surface area contributed by atoms with Gasteiger partial charge in [-0.05, 0) is 84.2 Å². The first kappa shape index (κ1) is 25.6. The van der Waals surface area contributed by atoms with Crippen LogP contribution in [0.1, 0.15) is 56.6 Å². The molecule has 0 fully saturated rings. The monoisotopic (exact) mass is 483 g/mol. The molecule has 188 valence electrons. The van der Waals surface area contributed by atoms with E-state index < -0.39 is 0 Å². The van der Waals surface area contributed by atoms with Crippen LogP contribution in [0.5, 0.6) is 11.5 Å². The molecule has 1 N–H and O–H groups in total. The minimum absolute atomic E-state index is 0.154. The lowest BCUT2D eigenvalue weighted by Gasteiger charge is -2.11. The van der Waals surface area contributed by atoms with Crippen LogP contribution in [0, 0.1) is 0 Å². The molecular formula is C32H37NO3. The molecule has 4 rings (SSSR count). The Bertz CT molecular complexity index is 1140. The molecule has 1 amide bonds. The van der Waals surface area contributed by atoms with Crippen LogP contribution in [-0.2, 0) is 11.2 Å². The maximum Gasteiger partial charge on any atom is 0.220 e. The quantitative estimate of drug-likeness (QED) is 0.246. The van der Waals surface area contributed by atoms with Gasteiger partial charge < -0.3 is 14.8 Å². The largest absolute Gasteiger partial charge is 0.494 e. The van der Waals surface area contributed by atoms with Crippen molar-refractivity contribution in [1.29, 1.82) is 0 Å². The molecule has 1 aliphatic carbocycles. The Morgan fingerprint density at radius 1 is 0.833 bits per heavy atom. The average Bonchev–Trinajstić information content (AvgIpc) is 3.32. The number of unbranched alkanes of at least 4 members (excludes halogenated alkanes) is 2. The van der Waals surface area contributed by atoms with Gasteiger partial charge in [-0.2, -0.15) is 0 Å². The second-order valence-corrected chi connectivity index (χ2v) is 9.25. The van der Waals surface area contributed by atoms with Crippen LogP contribution in [0.25, 0.3) is 16.7 Å². The van der Waals surface area contributed by atoms with E-state index in [1.807, 2.05) is 18.2 Å². The molecule has 0 aliphatic heterocycles. The number of allylic oxidation sites excluding steroid dienone is 1. The highest BCUT2D eigenvalue weighted by molar-refractivity contribution is 5.77. The SMILES string of the molecule is CCCCC(=O)NCCC1=CCc2ccc(OCCCCOc3ccc(-c4ccccc4)cc3)cc21. The minimum Gasteiger partial charge on any atom is -0.494 e. The van der Waals surface area contributed by atoms with Crippen molar-refractivity contribution in [3.63, 3.8) is 0 Å². The predicted molar refractivity (Wildman–Crippen MR) is 147 cm³/mol. The summed E-state index contributed by atoms with van der Waals surface area (Å²) in [6.45, 7) is 4.14. The molecule has 0 heterocycles. The lowest BCUT2D eigenvalue weighted by atomic mass is 10.0. The van der Waals surface area contributed by atoms with Gasteiger partial charge in [-0.3, -0.25) is 4.79 Å². The van der Waals surface area contributed by atoms with Crippen LogP contribution in [0.15, 0.2) is 78.9 Å². The Kier molecular flexibility index (Phi) is 9.61. The van der Waals surface area contributed by atoms with Crippen molar-refractivity contribution in [2.75, 3.05) is 19.8 Å². The van der Waals surface area contributed by atoms with Crippen LogP contribution in [0.3, 0.4) is 0 Å². The van der Waals surface area contributed by atoms with Gasteiger partial charge in [0.25, 0.3) is 0 Å². The van der Waals surface area contributed by atoms with E-state index in [4.69, 9.17) is 9.47 Å². The molecule has 4 nitrogen and oxygen atoms in total. The summed E-state index contributed by atoms with van der Waals surface area (Å²) in [5, 5.41) is 3.04. The highest BCUT2D eigenvalue weighted by Crippen LogP contribution is 2.32. The first-order valence-electron chi connectivity index (χ1n) is 13.2. The summed E-state index contributed by atoms with van der Waals surface area (Å²) in [5.74, 6) is 1.96. The number of hydrogen-bond donors (Lipinski definition) is 1. The molecule has 3 aromatic carbocycles. The Balaban J connectivity index is 1.14. The van der Waals surface area contributed by atoms with Crippen molar-refractivity contribution in [3.8, 4) is 22.6 Å². The lowest BCUT2D eigenvalue weighted by molar-refractivity contribution is -0.121. The molecule has 1 aliphatic rings. The Morgan fingerprint density at radius 3 is 2.28 bits per heavy atom. The number of benzene rings is 3. The second kappa shape index (κ2) is 13.5. The van der Waals surface area contributed by atoms with Crippen molar-refractivity contribution in [1.82, 2.24) is 5.32 Å². The van der Waals surface area contributed by atoms with Crippen molar-refractivity contribution in [3.05, 3.63) is 90.0 Å². The summed E-state index contributed by atoms with van der Waals surface area (Å²) in [6, 6.07) is 25.0. The number of hydrogen-bond acceptors (Lipinski definition) is 3. The van der Waals surface area contributed by atoms with Gasteiger partial charge in [0.15, 0.2) is 0 Å². The molecule has 36 heavy (non-hydrogen) atoms. The average molecular weight is 484 g/mol. The Labute approximate surface area is 215 Å². The van der Waals surface area contributed by atoms with E-state index in [0.717, 1.165) is 50.0 Å². The van der Waals surface area contributed by atoms with Gasteiger partial charge in [0.2, 0.25) is 5.91 Å².